The van der Waals surface area contributed by atoms with Crippen LogP contribution in [0.15, 0.2) is 0 Å². The van der Waals surface area contributed by atoms with Gasteiger partial charge in [-0.25, -0.2) is 4.79 Å². The molecule has 2 heterocycles. The Balaban J connectivity index is 2.07. The van der Waals surface area contributed by atoms with Crippen LogP contribution in [0.3, 0.4) is 0 Å². The van der Waals surface area contributed by atoms with Crippen LogP contribution in [0.2, 0.25) is 0 Å². The van der Waals surface area contributed by atoms with Crippen LogP contribution in [-0.2, 0) is 24.0 Å². The molecule has 0 radical (unpaired) electrons. The Bertz CT molecular complexity index is 719. The van der Waals surface area contributed by atoms with Crippen LogP contribution >= 0.6 is 11.8 Å². The van der Waals surface area contributed by atoms with Crippen LogP contribution in [0.25, 0.3) is 0 Å². The minimum atomic E-state index is -1.58. The lowest BCUT2D eigenvalue weighted by molar-refractivity contribution is -0.149. The third-order valence-electron chi connectivity index (χ3n) is 5.60. The van der Waals surface area contributed by atoms with E-state index in [9.17, 15) is 24.0 Å². The van der Waals surface area contributed by atoms with Crippen LogP contribution in [0, 0.1) is 0 Å². The van der Waals surface area contributed by atoms with Crippen molar-refractivity contribution in [2.24, 2.45) is 5.73 Å². The van der Waals surface area contributed by atoms with Gasteiger partial charge in [0.2, 0.25) is 17.7 Å². The summed E-state index contributed by atoms with van der Waals surface area (Å²) in [6.07, 6.45) is 3.68. The van der Waals surface area contributed by atoms with Crippen LogP contribution < -0.4 is 11.1 Å². The van der Waals surface area contributed by atoms with Gasteiger partial charge < -0.3 is 31.1 Å². The Labute approximate surface area is 184 Å². The van der Waals surface area contributed by atoms with E-state index in [1.807, 2.05) is 6.26 Å². The molecule has 0 spiro atoms. The zero-order valence-electron chi connectivity index (χ0n) is 17.5. The summed E-state index contributed by atoms with van der Waals surface area (Å²) >= 11 is 1.58. The van der Waals surface area contributed by atoms with Crippen molar-refractivity contribution in [3.8, 4) is 0 Å². The fourth-order valence-electron chi connectivity index (χ4n) is 4.01. The molecule has 2 fully saturated rings. The van der Waals surface area contributed by atoms with Crippen LogP contribution in [0.1, 0.15) is 38.5 Å². The van der Waals surface area contributed by atoms with Gasteiger partial charge in [0.15, 0.2) is 0 Å². The average molecular weight is 459 g/mol. The molecule has 11 nitrogen and oxygen atoms in total. The molecule has 3 amide bonds. The number of rotatable bonds is 10. The minimum Gasteiger partial charge on any atom is -0.481 e. The summed E-state index contributed by atoms with van der Waals surface area (Å²) in [6, 6.07) is -3.87. The van der Waals surface area contributed by atoms with Crippen molar-refractivity contribution >= 4 is 41.4 Å². The maximum absolute atomic E-state index is 13.2. The lowest BCUT2D eigenvalue weighted by Crippen LogP contribution is -2.56. The Hall–Kier alpha value is -2.34. The largest absolute Gasteiger partial charge is 0.481 e. The summed E-state index contributed by atoms with van der Waals surface area (Å²) in [4.78, 5) is 63.6. The van der Waals surface area contributed by atoms with Crippen LogP contribution in [0.5, 0.6) is 0 Å². The summed E-state index contributed by atoms with van der Waals surface area (Å²) in [5, 5.41) is 20.2. The molecule has 174 valence electrons. The van der Waals surface area contributed by atoms with Gasteiger partial charge >= 0.3 is 11.9 Å². The summed E-state index contributed by atoms with van der Waals surface area (Å²) in [7, 11) is 0. The predicted molar refractivity (Wildman–Crippen MR) is 112 cm³/mol. The first kappa shape index (κ1) is 24.9. The highest BCUT2D eigenvalue weighted by molar-refractivity contribution is 7.98. The topological polar surface area (TPSA) is 170 Å². The van der Waals surface area contributed by atoms with E-state index in [0.717, 1.165) is 5.75 Å². The summed E-state index contributed by atoms with van der Waals surface area (Å²) in [5.41, 5.74) is 6.00. The lowest BCUT2D eigenvalue weighted by Gasteiger charge is -2.32. The third-order valence-corrected chi connectivity index (χ3v) is 6.25. The molecule has 12 heteroatoms. The monoisotopic (exact) mass is 458 g/mol. The molecule has 2 aliphatic rings. The number of likely N-dealkylation sites (tertiary alicyclic amines) is 2. The van der Waals surface area contributed by atoms with Gasteiger partial charge in [0.25, 0.3) is 0 Å². The Morgan fingerprint density at radius 1 is 1.06 bits per heavy atom. The van der Waals surface area contributed by atoms with Gasteiger partial charge in [-0.1, -0.05) is 0 Å². The first-order chi connectivity index (χ1) is 14.7. The number of hydrogen-bond acceptors (Lipinski definition) is 7. The molecule has 2 rings (SSSR count). The second-order valence-corrected chi connectivity index (χ2v) is 8.75. The van der Waals surface area contributed by atoms with Crippen molar-refractivity contribution in [3.63, 3.8) is 0 Å². The van der Waals surface area contributed by atoms with E-state index < -0.39 is 48.4 Å². The number of amides is 3. The molecule has 4 atom stereocenters. The Morgan fingerprint density at radius 3 is 2.26 bits per heavy atom. The maximum atomic E-state index is 13.2. The molecule has 2 aliphatic heterocycles. The number of aliphatic carboxylic acids is 2. The molecule has 0 bridgehead atoms. The van der Waals surface area contributed by atoms with Crippen molar-refractivity contribution in [1.29, 1.82) is 0 Å². The number of nitrogens with one attached hydrogen (secondary N) is 1. The van der Waals surface area contributed by atoms with E-state index in [1.54, 1.807) is 11.8 Å². The second-order valence-electron chi connectivity index (χ2n) is 7.76. The van der Waals surface area contributed by atoms with Crippen LogP contribution in [0.4, 0.5) is 0 Å². The first-order valence-corrected chi connectivity index (χ1v) is 11.7. The van der Waals surface area contributed by atoms with E-state index in [4.69, 9.17) is 15.9 Å². The lowest BCUT2D eigenvalue weighted by atomic mass is 10.1. The fraction of sp³-hybridized carbons (Fsp3) is 0.737. The predicted octanol–water partition coefficient (Wildman–Crippen LogP) is -0.907. The highest BCUT2D eigenvalue weighted by Crippen LogP contribution is 2.26. The van der Waals surface area contributed by atoms with E-state index in [0.29, 0.717) is 45.2 Å². The van der Waals surface area contributed by atoms with Crippen molar-refractivity contribution in [1.82, 2.24) is 15.1 Å². The first-order valence-electron chi connectivity index (χ1n) is 10.3. The van der Waals surface area contributed by atoms with Crippen molar-refractivity contribution in [2.45, 2.75) is 62.7 Å². The zero-order chi connectivity index (χ0) is 23.1. The molecular weight excluding hydrogens is 428 g/mol. The smallest absolute Gasteiger partial charge is 0.326 e. The zero-order valence-corrected chi connectivity index (χ0v) is 18.3. The van der Waals surface area contributed by atoms with E-state index in [1.165, 1.54) is 9.80 Å². The number of carbonyl (C=O) groups excluding carboxylic acids is 3. The summed E-state index contributed by atoms with van der Waals surface area (Å²) in [5.74, 6) is -3.42. The SMILES string of the molecule is CSCCC(N)C(=O)N1CCCC1C(=O)N1CCCC1C(=O)NC(CC(=O)O)C(=O)O. The van der Waals surface area contributed by atoms with Gasteiger partial charge in [0.05, 0.1) is 12.5 Å². The molecule has 31 heavy (non-hydrogen) atoms. The summed E-state index contributed by atoms with van der Waals surface area (Å²) < 4.78 is 0. The quantitative estimate of drug-likeness (QED) is 0.324. The molecule has 0 saturated carbocycles. The van der Waals surface area contributed by atoms with Gasteiger partial charge in [0, 0.05) is 13.1 Å². The number of carbonyl (C=O) groups is 5. The number of hydrogen-bond donors (Lipinski definition) is 4. The second kappa shape index (κ2) is 11.3. The minimum absolute atomic E-state index is 0.280. The van der Waals surface area contributed by atoms with Gasteiger partial charge in [-0.3, -0.25) is 19.2 Å². The fourth-order valence-corrected chi connectivity index (χ4v) is 4.50. The molecule has 5 N–H and O–H groups in total. The highest BCUT2D eigenvalue weighted by Gasteiger charge is 2.43. The van der Waals surface area contributed by atoms with Gasteiger partial charge in [-0.05, 0) is 44.1 Å². The van der Waals surface area contributed by atoms with Gasteiger partial charge in [-0.2, -0.15) is 11.8 Å². The number of nitrogens with two attached hydrogens (primary N) is 1. The number of carboxylic acid groups (broad SMARTS) is 2. The van der Waals surface area contributed by atoms with Crippen molar-refractivity contribution in [2.75, 3.05) is 25.1 Å². The van der Waals surface area contributed by atoms with Crippen molar-refractivity contribution < 1.29 is 34.2 Å². The molecule has 0 aliphatic carbocycles. The van der Waals surface area contributed by atoms with E-state index >= 15 is 0 Å². The van der Waals surface area contributed by atoms with E-state index in [2.05, 4.69) is 5.32 Å². The normalized spacial score (nSPS) is 22.8. The Morgan fingerprint density at radius 2 is 1.68 bits per heavy atom. The summed E-state index contributed by atoms with van der Waals surface area (Å²) in [6.45, 7) is 0.733. The molecular formula is C19H30N4O7S. The molecule has 0 aromatic carbocycles. The standard InChI is InChI=1S/C19H30N4O7S/c1-31-9-6-11(20)17(27)23-8-3-5-14(23)18(28)22-7-2-4-13(22)16(26)21-12(19(29)30)10-15(24)25/h11-14H,2-10,20H2,1H3,(H,21,26)(H,24,25)(H,29,30). The number of carboxylic acids is 2. The molecule has 0 aromatic rings. The highest BCUT2D eigenvalue weighted by atomic mass is 32.2. The maximum Gasteiger partial charge on any atom is 0.326 e. The van der Waals surface area contributed by atoms with Crippen molar-refractivity contribution in [3.05, 3.63) is 0 Å². The average Bonchev–Trinajstić information content (AvgIpc) is 3.39. The number of thioether (sulfide) groups is 1. The Kier molecular flexibility index (Phi) is 9.11. The molecule has 4 unspecified atom stereocenters. The van der Waals surface area contributed by atoms with Gasteiger partial charge in [-0.15, -0.1) is 0 Å². The van der Waals surface area contributed by atoms with Crippen LogP contribution in [-0.4, -0.2) is 98.9 Å². The number of nitrogens with zero attached hydrogens (tertiary/aromatic N) is 2. The van der Waals surface area contributed by atoms with E-state index in [-0.39, 0.29) is 11.8 Å². The van der Waals surface area contributed by atoms with Gasteiger partial charge in [0.1, 0.15) is 18.1 Å². The third kappa shape index (κ3) is 6.33. The molecule has 2 saturated heterocycles. The molecule has 0 aromatic heterocycles.